The molecule has 1 saturated heterocycles. The minimum atomic E-state index is -5.67. The number of nitro benzene ring substituents is 1. The van der Waals surface area contributed by atoms with Crippen molar-refractivity contribution in [3.63, 3.8) is 0 Å². The Morgan fingerprint density at radius 3 is 2.50 bits per heavy atom. The van der Waals surface area contributed by atoms with Crippen LogP contribution in [0, 0.1) is 16.0 Å². The van der Waals surface area contributed by atoms with Crippen LogP contribution in [0.4, 0.5) is 24.5 Å². The van der Waals surface area contributed by atoms with Gasteiger partial charge in [0.15, 0.2) is 0 Å². The van der Waals surface area contributed by atoms with Crippen LogP contribution in [-0.4, -0.2) is 43.1 Å². The maximum absolute atomic E-state index is 12.6. The van der Waals surface area contributed by atoms with Gasteiger partial charge in [-0.05, 0) is 24.5 Å². The van der Waals surface area contributed by atoms with E-state index in [4.69, 9.17) is 0 Å². The van der Waals surface area contributed by atoms with Crippen LogP contribution >= 0.6 is 0 Å². The van der Waals surface area contributed by atoms with Crippen molar-refractivity contribution < 1.29 is 31.6 Å². The fourth-order valence-corrected chi connectivity index (χ4v) is 3.27. The zero-order valence-corrected chi connectivity index (χ0v) is 13.3. The van der Waals surface area contributed by atoms with Crippen LogP contribution in [0.2, 0.25) is 0 Å². The molecule has 1 N–H and O–H groups in total. The van der Waals surface area contributed by atoms with Gasteiger partial charge in [0.05, 0.1) is 15.9 Å². The number of hydrogen-bond donors (Lipinski definition) is 1. The van der Waals surface area contributed by atoms with E-state index in [-0.39, 0.29) is 18.2 Å². The fourth-order valence-electron chi connectivity index (χ4n) is 2.49. The summed E-state index contributed by atoms with van der Waals surface area (Å²) in [7, 11) is -5.67. The third kappa shape index (κ3) is 3.31. The Hall–Kier alpha value is -1.88. The summed E-state index contributed by atoms with van der Waals surface area (Å²) in [4.78, 5) is 10.5. The number of hydrogen-bond acceptors (Lipinski definition) is 6. The molecule has 0 bridgehead atoms. The summed E-state index contributed by atoms with van der Waals surface area (Å²) in [5, 5.41) is 21.1. The number of β-amino-alcohol motifs (C(OH)–C–C–N with tert-alkyl or cyclic N) is 1. The van der Waals surface area contributed by atoms with Crippen LogP contribution in [0.15, 0.2) is 23.1 Å². The van der Waals surface area contributed by atoms with E-state index in [1.165, 1.54) is 4.90 Å². The maximum Gasteiger partial charge on any atom is 0.501 e. The number of aliphatic hydroxyl groups excluding tert-OH is 1. The highest BCUT2D eigenvalue weighted by Gasteiger charge is 2.47. The Morgan fingerprint density at radius 2 is 2.00 bits per heavy atom. The molecule has 0 saturated carbocycles. The molecule has 2 rings (SSSR count). The Balaban J connectivity index is 2.47. The smallest absolute Gasteiger partial charge is 0.391 e. The number of nitro groups is 1. The molecular formula is C13H15F3N2O5S. The zero-order chi connectivity index (χ0) is 18.3. The van der Waals surface area contributed by atoms with Crippen molar-refractivity contribution in [1.29, 1.82) is 0 Å². The van der Waals surface area contributed by atoms with Crippen molar-refractivity contribution >= 4 is 21.2 Å². The molecule has 1 aromatic carbocycles. The molecule has 2 unspecified atom stereocenters. The molecule has 1 aliphatic heterocycles. The second-order valence-corrected chi connectivity index (χ2v) is 7.58. The molecule has 11 heteroatoms. The number of nitrogens with zero attached hydrogens (tertiary/aromatic N) is 2. The van der Waals surface area contributed by atoms with Crippen molar-refractivity contribution in [2.45, 2.75) is 29.9 Å². The Kier molecular flexibility index (Phi) is 4.77. The van der Waals surface area contributed by atoms with Gasteiger partial charge in [0, 0.05) is 19.2 Å². The Morgan fingerprint density at radius 1 is 1.38 bits per heavy atom. The minimum absolute atomic E-state index is 0.00909. The molecule has 134 valence electrons. The maximum atomic E-state index is 12.6. The van der Waals surface area contributed by atoms with Crippen molar-refractivity contribution in [1.82, 2.24) is 0 Å². The summed E-state index contributed by atoms with van der Waals surface area (Å²) >= 11 is 0. The average Bonchev–Trinajstić information content (AvgIpc) is 2.48. The first kappa shape index (κ1) is 18.5. The van der Waals surface area contributed by atoms with Gasteiger partial charge >= 0.3 is 5.51 Å². The van der Waals surface area contributed by atoms with E-state index in [1.807, 2.05) is 6.92 Å². The lowest BCUT2D eigenvalue weighted by atomic mass is 9.95. The van der Waals surface area contributed by atoms with Crippen molar-refractivity contribution in [2.75, 3.05) is 18.0 Å². The van der Waals surface area contributed by atoms with Crippen LogP contribution in [-0.2, 0) is 9.84 Å². The highest BCUT2D eigenvalue weighted by atomic mass is 32.2. The lowest BCUT2D eigenvalue weighted by Gasteiger charge is -2.35. The third-order valence-electron chi connectivity index (χ3n) is 4.02. The molecule has 0 radical (unpaired) electrons. The van der Waals surface area contributed by atoms with Crippen molar-refractivity contribution in [3.05, 3.63) is 28.3 Å². The minimum Gasteiger partial charge on any atom is -0.391 e. The second kappa shape index (κ2) is 6.20. The van der Waals surface area contributed by atoms with Crippen LogP contribution in [0.1, 0.15) is 13.3 Å². The fraction of sp³-hybridized carbons (Fsp3) is 0.538. The predicted octanol–water partition coefficient (Wildman–Crippen LogP) is 2.10. The predicted molar refractivity (Wildman–Crippen MR) is 78.3 cm³/mol. The molecule has 2 atom stereocenters. The van der Waals surface area contributed by atoms with E-state index >= 15 is 0 Å². The quantitative estimate of drug-likeness (QED) is 0.648. The monoisotopic (exact) mass is 368 g/mol. The van der Waals surface area contributed by atoms with Crippen LogP contribution in [0.5, 0.6) is 0 Å². The normalized spacial score (nSPS) is 22.5. The first-order valence-corrected chi connectivity index (χ1v) is 8.46. The number of aliphatic hydroxyl groups is 1. The SMILES string of the molecule is CC1CCN(c2ccc(S(=O)(=O)C(F)(F)F)cc2[N+](=O)[O-])CC1O. The van der Waals surface area contributed by atoms with Gasteiger partial charge in [0.2, 0.25) is 0 Å². The molecule has 24 heavy (non-hydrogen) atoms. The largest absolute Gasteiger partial charge is 0.501 e. The van der Waals surface area contributed by atoms with E-state index in [0.29, 0.717) is 25.1 Å². The van der Waals surface area contributed by atoms with Gasteiger partial charge in [-0.15, -0.1) is 0 Å². The van der Waals surface area contributed by atoms with Crippen LogP contribution in [0.3, 0.4) is 0 Å². The van der Waals surface area contributed by atoms with E-state index < -0.39 is 37.0 Å². The lowest BCUT2D eigenvalue weighted by molar-refractivity contribution is -0.384. The van der Waals surface area contributed by atoms with E-state index in [9.17, 15) is 36.8 Å². The summed E-state index contributed by atoms with van der Waals surface area (Å²) in [6.45, 7) is 2.26. The number of halogens is 3. The summed E-state index contributed by atoms with van der Waals surface area (Å²) in [6, 6.07) is 2.07. The zero-order valence-electron chi connectivity index (χ0n) is 12.5. The Labute approximate surface area is 135 Å². The summed E-state index contributed by atoms with van der Waals surface area (Å²) in [5.74, 6) is -0.00909. The van der Waals surface area contributed by atoms with Gasteiger partial charge in [0.1, 0.15) is 5.69 Å². The number of benzene rings is 1. The molecule has 0 amide bonds. The summed E-state index contributed by atoms with van der Waals surface area (Å²) in [5.41, 5.74) is -6.31. The van der Waals surface area contributed by atoms with Crippen LogP contribution < -0.4 is 4.90 Å². The summed E-state index contributed by atoms with van der Waals surface area (Å²) in [6.07, 6.45) is -0.196. The molecule has 1 fully saturated rings. The number of piperidine rings is 1. The first-order valence-electron chi connectivity index (χ1n) is 6.98. The molecule has 1 aliphatic rings. The van der Waals surface area contributed by atoms with Gasteiger partial charge in [-0.3, -0.25) is 10.1 Å². The molecular weight excluding hydrogens is 353 g/mol. The number of alkyl halides is 3. The second-order valence-electron chi connectivity index (χ2n) is 5.64. The third-order valence-corrected chi connectivity index (χ3v) is 5.50. The van der Waals surface area contributed by atoms with E-state index in [0.717, 1.165) is 6.07 Å². The molecule has 0 aromatic heterocycles. The lowest BCUT2D eigenvalue weighted by Crippen LogP contribution is -2.43. The van der Waals surface area contributed by atoms with E-state index in [1.54, 1.807) is 0 Å². The average molecular weight is 368 g/mol. The van der Waals surface area contributed by atoms with Gasteiger partial charge in [-0.1, -0.05) is 6.92 Å². The highest BCUT2D eigenvalue weighted by molar-refractivity contribution is 7.92. The topological polar surface area (TPSA) is 101 Å². The molecule has 0 spiro atoms. The number of anilines is 1. The van der Waals surface area contributed by atoms with Gasteiger partial charge < -0.3 is 10.0 Å². The van der Waals surface area contributed by atoms with Crippen molar-refractivity contribution in [3.8, 4) is 0 Å². The first-order chi connectivity index (χ1) is 10.9. The number of sulfone groups is 1. The summed E-state index contributed by atoms with van der Waals surface area (Å²) < 4.78 is 60.6. The Bertz CT molecular complexity index is 750. The highest BCUT2D eigenvalue weighted by Crippen LogP contribution is 2.37. The molecule has 1 aromatic rings. The molecule has 7 nitrogen and oxygen atoms in total. The van der Waals surface area contributed by atoms with Gasteiger partial charge in [-0.2, -0.15) is 13.2 Å². The van der Waals surface area contributed by atoms with E-state index in [2.05, 4.69) is 0 Å². The standard InChI is InChI=1S/C13H15F3N2O5S/c1-8-4-5-17(7-12(8)19)10-3-2-9(6-11(10)18(20)21)24(22,23)13(14,15)16/h2-3,6,8,12,19H,4-5,7H2,1H3. The van der Waals surface area contributed by atoms with Crippen LogP contribution in [0.25, 0.3) is 0 Å². The van der Waals surface area contributed by atoms with Gasteiger partial charge in [-0.25, -0.2) is 8.42 Å². The molecule has 0 aliphatic carbocycles. The molecule has 1 heterocycles. The van der Waals surface area contributed by atoms with Crippen molar-refractivity contribution in [2.24, 2.45) is 5.92 Å². The van der Waals surface area contributed by atoms with Gasteiger partial charge in [0.25, 0.3) is 15.5 Å². The number of rotatable bonds is 3.